The number of carbonyl (C=O) groups excluding carboxylic acids is 1. The Morgan fingerprint density at radius 3 is 2.14 bits per heavy atom. The lowest BCUT2D eigenvalue weighted by Crippen LogP contribution is -2.02. The van der Waals surface area contributed by atoms with E-state index in [0.29, 0.717) is 13.0 Å². The maximum absolute atomic E-state index is 10.7. The van der Waals surface area contributed by atoms with Crippen LogP contribution in [0.25, 0.3) is 22.5 Å². The van der Waals surface area contributed by atoms with Gasteiger partial charge in [0.2, 0.25) is 0 Å². The molecule has 3 heteroatoms. The lowest BCUT2D eigenvalue weighted by Gasteiger charge is -2.05. The number of aromatic nitrogens is 2. The highest BCUT2D eigenvalue weighted by atomic mass is 16.1. The Kier molecular flexibility index (Phi) is 3.92. The first-order valence-electron chi connectivity index (χ1n) is 7.01. The Morgan fingerprint density at radius 1 is 0.905 bits per heavy atom. The molecule has 3 rings (SSSR count). The molecule has 1 aromatic heterocycles. The molecular formula is C18H16N2O. The standard InChI is InChI=1S/C18H16N2O/c21-13-7-12-20-18(16-10-5-2-6-11-16)14-17(19-20)15-8-3-1-4-9-15/h1-6,8-11,13-14H,7,12H2. The van der Waals surface area contributed by atoms with Crippen molar-refractivity contribution in [3.05, 3.63) is 66.7 Å². The van der Waals surface area contributed by atoms with Crippen LogP contribution in [0.1, 0.15) is 6.42 Å². The molecule has 0 aliphatic carbocycles. The Bertz CT molecular complexity index is 717. The summed E-state index contributed by atoms with van der Waals surface area (Å²) in [6.45, 7) is 0.598. The van der Waals surface area contributed by atoms with Gasteiger partial charge in [-0.25, -0.2) is 0 Å². The van der Waals surface area contributed by atoms with Crippen molar-refractivity contribution in [1.82, 2.24) is 9.78 Å². The second-order valence-electron chi connectivity index (χ2n) is 4.83. The lowest BCUT2D eigenvalue weighted by atomic mass is 10.1. The molecule has 1 heterocycles. The SMILES string of the molecule is O=CCCn1nc(-c2ccccc2)cc1-c1ccccc1. The van der Waals surface area contributed by atoms with Crippen molar-refractivity contribution in [3.8, 4) is 22.5 Å². The molecule has 3 aromatic rings. The third kappa shape index (κ3) is 2.92. The van der Waals surface area contributed by atoms with Gasteiger partial charge in [-0.3, -0.25) is 4.68 Å². The topological polar surface area (TPSA) is 34.9 Å². The smallest absolute Gasteiger partial charge is 0.121 e. The van der Waals surface area contributed by atoms with Gasteiger partial charge in [0, 0.05) is 18.5 Å². The van der Waals surface area contributed by atoms with E-state index in [2.05, 4.69) is 23.3 Å². The number of hydrogen-bond acceptors (Lipinski definition) is 2. The van der Waals surface area contributed by atoms with Crippen LogP contribution in [0.15, 0.2) is 66.7 Å². The number of rotatable bonds is 5. The summed E-state index contributed by atoms with van der Waals surface area (Å²) in [5, 5.41) is 4.65. The summed E-state index contributed by atoms with van der Waals surface area (Å²) < 4.78 is 1.91. The number of carbonyl (C=O) groups is 1. The average molecular weight is 276 g/mol. The van der Waals surface area contributed by atoms with Crippen LogP contribution in [0, 0.1) is 0 Å². The minimum Gasteiger partial charge on any atom is -0.303 e. The number of aldehydes is 1. The van der Waals surface area contributed by atoms with E-state index in [1.807, 2.05) is 53.2 Å². The van der Waals surface area contributed by atoms with Gasteiger partial charge in [0.05, 0.1) is 11.4 Å². The van der Waals surface area contributed by atoms with E-state index in [9.17, 15) is 4.79 Å². The molecule has 3 nitrogen and oxygen atoms in total. The molecule has 0 atom stereocenters. The molecule has 0 fully saturated rings. The predicted molar refractivity (Wildman–Crippen MR) is 83.8 cm³/mol. The van der Waals surface area contributed by atoms with E-state index in [-0.39, 0.29) is 0 Å². The van der Waals surface area contributed by atoms with Gasteiger partial charge in [-0.15, -0.1) is 0 Å². The van der Waals surface area contributed by atoms with E-state index < -0.39 is 0 Å². The molecule has 0 unspecified atom stereocenters. The lowest BCUT2D eigenvalue weighted by molar-refractivity contribution is -0.108. The van der Waals surface area contributed by atoms with E-state index >= 15 is 0 Å². The van der Waals surface area contributed by atoms with Crippen LogP contribution >= 0.6 is 0 Å². The highest BCUT2D eigenvalue weighted by Gasteiger charge is 2.10. The van der Waals surface area contributed by atoms with E-state index in [1.165, 1.54) is 0 Å². The van der Waals surface area contributed by atoms with E-state index in [1.54, 1.807) is 0 Å². The fraction of sp³-hybridized carbons (Fsp3) is 0.111. The summed E-state index contributed by atoms with van der Waals surface area (Å²) in [5.74, 6) is 0. The molecule has 0 spiro atoms. The Hall–Kier alpha value is -2.68. The van der Waals surface area contributed by atoms with Gasteiger partial charge in [-0.1, -0.05) is 60.7 Å². The highest BCUT2D eigenvalue weighted by Crippen LogP contribution is 2.26. The van der Waals surface area contributed by atoms with Crippen LogP contribution in [0.5, 0.6) is 0 Å². The maximum Gasteiger partial charge on any atom is 0.121 e. The number of aryl methyl sites for hydroxylation is 1. The molecular weight excluding hydrogens is 260 g/mol. The van der Waals surface area contributed by atoms with Crippen molar-refractivity contribution in [2.24, 2.45) is 0 Å². The average Bonchev–Trinajstić information content (AvgIpc) is 2.99. The highest BCUT2D eigenvalue weighted by molar-refractivity contribution is 5.68. The molecule has 2 aromatic carbocycles. The van der Waals surface area contributed by atoms with Crippen LogP contribution < -0.4 is 0 Å². The number of hydrogen-bond donors (Lipinski definition) is 0. The minimum absolute atomic E-state index is 0.468. The minimum atomic E-state index is 0.468. The van der Waals surface area contributed by atoms with Gasteiger partial charge in [0.1, 0.15) is 6.29 Å². The maximum atomic E-state index is 10.7. The van der Waals surface area contributed by atoms with Crippen LogP contribution in [-0.2, 0) is 11.3 Å². The molecule has 104 valence electrons. The molecule has 0 aliphatic heterocycles. The van der Waals surface area contributed by atoms with Crippen LogP contribution in [0.4, 0.5) is 0 Å². The van der Waals surface area contributed by atoms with Crippen molar-refractivity contribution in [2.75, 3.05) is 0 Å². The Morgan fingerprint density at radius 2 is 1.52 bits per heavy atom. The summed E-state index contributed by atoms with van der Waals surface area (Å²) in [4.78, 5) is 10.7. The molecule has 0 bridgehead atoms. The first-order valence-corrected chi connectivity index (χ1v) is 7.01. The van der Waals surface area contributed by atoms with Gasteiger partial charge in [-0.05, 0) is 11.6 Å². The van der Waals surface area contributed by atoms with Gasteiger partial charge in [0.15, 0.2) is 0 Å². The molecule has 0 saturated carbocycles. The van der Waals surface area contributed by atoms with Gasteiger partial charge in [0.25, 0.3) is 0 Å². The zero-order chi connectivity index (χ0) is 14.5. The summed E-state index contributed by atoms with van der Waals surface area (Å²) in [7, 11) is 0. The van der Waals surface area contributed by atoms with Crippen molar-refractivity contribution < 1.29 is 4.79 Å². The Labute approximate surface area is 123 Å². The second kappa shape index (κ2) is 6.18. The molecule has 0 amide bonds. The van der Waals surface area contributed by atoms with Crippen molar-refractivity contribution in [2.45, 2.75) is 13.0 Å². The van der Waals surface area contributed by atoms with E-state index in [0.717, 1.165) is 28.8 Å². The summed E-state index contributed by atoms with van der Waals surface area (Å²) >= 11 is 0. The fourth-order valence-corrected chi connectivity index (χ4v) is 2.35. The second-order valence-corrected chi connectivity index (χ2v) is 4.83. The summed E-state index contributed by atoms with van der Waals surface area (Å²) in [5.41, 5.74) is 4.16. The van der Waals surface area contributed by atoms with Gasteiger partial charge < -0.3 is 4.79 Å². The summed E-state index contributed by atoms with van der Waals surface area (Å²) in [6, 6.07) is 22.3. The van der Waals surface area contributed by atoms with Crippen molar-refractivity contribution in [3.63, 3.8) is 0 Å². The van der Waals surface area contributed by atoms with Crippen molar-refractivity contribution in [1.29, 1.82) is 0 Å². The first-order chi connectivity index (χ1) is 10.4. The zero-order valence-electron chi connectivity index (χ0n) is 11.6. The van der Waals surface area contributed by atoms with E-state index in [4.69, 9.17) is 0 Å². The molecule has 0 N–H and O–H groups in total. The largest absolute Gasteiger partial charge is 0.303 e. The quantitative estimate of drug-likeness (QED) is 0.664. The van der Waals surface area contributed by atoms with Crippen LogP contribution in [-0.4, -0.2) is 16.1 Å². The third-order valence-electron chi connectivity index (χ3n) is 3.38. The van der Waals surface area contributed by atoms with Crippen LogP contribution in [0.2, 0.25) is 0 Å². The molecule has 0 saturated heterocycles. The van der Waals surface area contributed by atoms with Gasteiger partial charge in [-0.2, -0.15) is 5.10 Å². The normalized spacial score (nSPS) is 10.5. The number of nitrogens with zero attached hydrogens (tertiary/aromatic N) is 2. The molecule has 21 heavy (non-hydrogen) atoms. The van der Waals surface area contributed by atoms with Crippen molar-refractivity contribution >= 4 is 6.29 Å². The van der Waals surface area contributed by atoms with Crippen LogP contribution in [0.3, 0.4) is 0 Å². The van der Waals surface area contributed by atoms with Gasteiger partial charge >= 0.3 is 0 Å². The molecule has 0 aliphatic rings. The monoisotopic (exact) mass is 276 g/mol. The Balaban J connectivity index is 2.05. The third-order valence-corrected chi connectivity index (χ3v) is 3.38. The first kappa shape index (κ1) is 13.3. The summed E-state index contributed by atoms with van der Waals surface area (Å²) in [6.07, 6.45) is 1.40. The number of benzene rings is 2. The predicted octanol–water partition coefficient (Wildman–Crippen LogP) is 3.81. The molecule has 0 radical (unpaired) electrons. The zero-order valence-corrected chi connectivity index (χ0v) is 11.6. The fourth-order valence-electron chi connectivity index (χ4n) is 2.35.